The molecule has 0 aliphatic carbocycles. The van der Waals surface area contributed by atoms with Gasteiger partial charge in [-0.1, -0.05) is 34.6 Å². The van der Waals surface area contributed by atoms with E-state index in [0.717, 1.165) is 6.21 Å². The summed E-state index contributed by atoms with van der Waals surface area (Å²) in [5, 5.41) is 15.2. The Labute approximate surface area is 209 Å². The Morgan fingerprint density at radius 1 is 1.23 bits per heavy atom. The number of benzene rings is 1. The summed E-state index contributed by atoms with van der Waals surface area (Å²) in [6.07, 6.45) is -0.0947. The van der Waals surface area contributed by atoms with Gasteiger partial charge in [-0.05, 0) is 12.1 Å². The molecule has 0 heterocycles. The highest BCUT2D eigenvalue weighted by Crippen LogP contribution is 2.20. The lowest BCUT2D eigenvalue weighted by atomic mass is 10.1. The monoisotopic (exact) mass is 561 g/mol. The van der Waals surface area contributed by atoms with E-state index in [2.05, 4.69) is 38.1 Å². The summed E-state index contributed by atoms with van der Waals surface area (Å²) in [5.74, 6) is -0.262. The number of nitrogens with zero attached hydrogens (tertiary/aromatic N) is 1. The zero-order chi connectivity index (χ0) is 26.4. The third kappa shape index (κ3) is 10.5. The van der Waals surface area contributed by atoms with Gasteiger partial charge in [0.15, 0.2) is 11.5 Å². The number of rotatable bonds is 14. The maximum Gasteiger partial charge on any atom is 0.405 e. The molecule has 0 saturated heterocycles. The van der Waals surface area contributed by atoms with E-state index in [1.54, 1.807) is 6.07 Å². The molecule has 1 rings (SSSR count). The van der Waals surface area contributed by atoms with Gasteiger partial charge in [-0.2, -0.15) is 13.2 Å². The number of amides is 1. The fraction of sp³-hybridized carbons (Fsp3) is 0.318. The van der Waals surface area contributed by atoms with Gasteiger partial charge in [-0.3, -0.25) is 4.79 Å². The topological polar surface area (TPSA) is 117 Å². The lowest BCUT2D eigenvalue weighted by Gasteiger charge is -2.20. The van der Waals surface area contributed by atoms with Crippen molar-refractivity contribution in [3.8, 4) is 0 Å². The summed E-state index contributed by atoms with van der Waals surface area (Å²) in [6, 6.07) is 6.02. The summed E-state index contributed by atoms with van der Waals surface area (Å²) in [4.78, 5) is 16.0. The molecule has 1 amide bonds. The van der Waals surface area contributed by atoms with Gasteiger partial charge in [0.1, 0.15) is 19.0 Å². The van der Waals surface area contributed by atoms with Crippen LogP contribution in [0.2, 0.25) is 0 Å². The molecule has 0 radical (unpaired) electrons. The molecule has 4 N–H and O–H groups in total. The second-order valence-electron chi connectivity index (χ2n) is 6.63. The molecule has 1 aromatic carbocycles. The van der Waals surface area contributed by atoms with Gasteiger partial charge in [0, 0.05) is 23.7 Å². The van der Waals surface area contributed by atoms with Crippen LogP contribution in [0.4, 0.5) is 18.9 Å². The van der Waals surface area contributed by atoms with Crippen LogP contribution in [-0.2, 0) is 14.2 Å². The number of hydrogen-bond acceptors (Lipinski definition) is 7. The van der Waals surface area contributed by atoms with Gasteiger partial charge < -0.3 is 35.6 Å². The highest BCUT2D eigenvalue weighted by molar-refractivity contribution is 9.10. The predicted octanol–water partition coefficient (Wildman–Crippen LogP) is 3.93. The van der Waals surface area contributed by atoms with E-state index in [0.29, 0.717) is 17.2 Å². The first kappa shape index (κ1) is 29.6. The van der Waals surface area contributed by atoms with Crippen molar-refractivity contribution in [1.29, 1.82) is 5.41 Å². The minimum Gasteiger partial charge on any atom is -0.500 e. The largest absolute Gasteiger partial charge is 0.500 e. The average Bonchev–Trinajstić information content (AvgIpc) is 2.83. The highest BCUT2D eigenvalue weighted by Gasteiger charge is 2.28. The minimum absolute atomic E-state index is 0.0105. The van der Waals surface area contributed by atoms with Gasteiger partial charge >= 0.3 is 6.18 Å². The number of alkyl halides is 4. The zero-order valence-corrected chi connectivity index (χ0v) is 20.9. The molecule has 35 heavy (non-hydrogen) atoms. The second kappa shape index (κ2) is 14.7. The number of para-hydroxylation sites is 1. The molecule has 2 atom stereocenters. The van der Waals surface area contributed by atoms with E-state index >= 15 is 0 Å². The normalized spacial score (nSPS) is 14.0. The summed E-state index contributed by atoms with van der Waals surface area (Å²) in [6.45, 7) is 2.38. The fourth-order valence-corrected chi connectivity index (χ4v) is 2.75. The van der Waals surface area contributed by atoms with Crippen molar-refractivity contribution in [2.45, 2.75) is 17.2 Å². The van der Waals surface area contributed by atoms with Crippen LogP contribution in [0.3, 0.4) is 0 Å². The van der Waals surface area contributed by atoms with Crippen LogP contribution in [0.5, 0.6) is 0 Å². The number of ether oxygens (including phenoxy) is 3. The van der Waals surface area contributed by atoms with Crippen LogP contribution < -0.4 is 16.0 Å². The van der Waals surface area contributed by atoms with Gasteiger partial charge in [0.05, 0.1) is 38.1 Å². The van der Waals surface area contributed by atoms with Gasteiger partial charge in [0.25, 0.3) is 5.91 Å². The predicted molar refractivity (Wildman–Crippen MR) is 132 cm³/mol. The molecule has 9 nitrogen and oxygen atoms in total. The number of hydrogen-bond donors (Lipinski definition) is 4. The smallest absolute Gasteiger partial charge is 0.405 e. The molecule has 0 spiro atoms. The van der Waals surface area contributed by atoms with E-state index in [9.17, 15) is 18.0 Å². The van der Waals surface area contributed by atoms with E-state index < -0.39 is 29.6 Å². The summed E-state index contributed by atoms with van der Waals surface area (Å²) in [7, 11) is 4.34. The Bertz CT molecular complexity index is 967. The van der Waals surface area contributed by atoms with E-state index in [1.807, 2.05) is 5.32 Å². The van der Waals surface area contributed by atoms with Crippen LogP contribution in [0.1, 0.15) is 10.4 Å². The number of carbonyl (C=O) groups excluding carboxylic acids is 1. The first-order valence-corrected chi connectivity index (χ1v) is 10.8. The second-order valence-corrected chi connectivity index (χ2v) is 7.68. The molecule has 0 bridgehead atoms. The van der Waals surface area contributed by atoms with Crippen LogP contribution in [0, 0.1) is 5.41 Å². The maximum atomic E-state index is 12.5. The molecule has 0 saturated carbocycles. The van der Waals surface area contributed by atoms with E-state index in [-0.39, 0.29) is 11.3 Å². The zero-order valence-electron chi connectivity index (χ0n) is 19.3. The fourth-order valence-electron chi connectivity index (χ4n) is 2.48. The van der Waals surface area contributed by atoms with E-state index in [1.165, 1.54) is 58.2 Å². The quantitative estimate of drug-likeness (QED) is 0.0898. The van der Waals surface area contributed by atoms with Crippen molar-refractivity contribution in [2.75, 3.05) is 33.2 Å². The Balaban J connectivity index is 3.02. The molecule has 192 valence electrons. The summed E-state index contributed by atoms with van der Waals surface area (Å²) < 4.78 is 52.8. The van der Waals surface area contributed by atoms with Crippen molar-refractivity contribution in [2.24, 2.45) is 4.99 Å². The first-order chi connectivity index (χ1) is 16.6. The number of aliphatic imine (C=N–C) groups is 1. The van der Waals surface area contributed by atoms with E-state index in [4.69, 9.17) is 19.6 Å². The lowest BCUT2D eigenvalue weighted by molar-refractivity contribution is -0.123. The summed E-state index contributed by atoms with van der Waals surface area (Å²) >= 11 is 3.29. The van der Waals surface area contributed by atoms with Crippen molar-refractivity contribution in [3.63, 3.8) is 0 Å². The SMILES string of the molecule is C=C(/C=C(OC)\C(=C\OC)OC)N/C=N/C(Nc1ccccc1C(=O)NCC(F)(F)F)C(Br)C=N. The first-order valence-electron chi connectivity index (χ1n) is 9.91. The number of allylic oxidation sites excluding steroid dienone is 1. The standard InChI is InChI=1S/C22H27BrF3N5O4/c1-14(9-18(34-3)19(35-4)11-33-2)29-13-30-20(16(23)10-27)31-17-8-6-5-7-15(17)21(32)28-12-22(24,25)26/h5-11,13,16,20,27,31H,1,12H2,2-4H3,(H,28,32)(H,29,30)/b18-9+,19-11-,27-10?. The molecule has 13 heteroatoms. The van der Waals surface area contributed by atoms with Crippen LogP contribution >= 0.6 is 15.9 Å². The molecule has 0 aliphatic rings. The molecule has 1 aromatic rings. The van der Waals surface area contributed by atoms with Crippen molar-refractivity contribution in [1.82, 2.24) is 10.6 Å². The Hall–Kier alpha value is -3.48. The van der Waals surface area contributed by atoms with Crippen molar-refractivity contribution in [3.05, 3.63) is 66.0 Å². The maximum absolute atomic E-state index is 12.5. The van der Waals surface area contributed by atoms with Crippen molar-refractivity contribution < 1.29 is 32.2 Å². The Morgan fingerprint density at radius 2 is 1.89 bits per heavy atom. The number of nitrogens with one attached hydrogen (secondary N) is 4. The highest BCUT2D eigenvalue weighted by atomic mass is 79.9. The van der Waals surface area contributed by atoms with Gasteiger partial charge in [0.2, 0.25) is 0 Å². The molecule has 0 aromatic heterocycles. The Kier molecular flexibility index (Phi) is 12.4. The number of halogens is 4. The minimum atomic E-state index is -4.54. The lowest BCUT2D eigenvalue weighted by Crippen LogP contribution is -2.35. The molecular formula is C22H27BrF3N5O4. The molecule has 0 aliphatic heterocycles. The number of anilines is 1. The Morgan fingerprint density at radius 3 is 2.46 bits per heavy atom. The third-order valence-electron chi connectivity index (χ3n) is 4.08. The van der Waals surface area contributed by atoms with Crippen LogP contribution in [0.15, 0.2) is 65.4 Å². The summed E-state index contributed by atoms with van der Waals surface area (Å²) in [5.41, 5.74) is 0.593. The van der Waals surface area contributed by atoms with Crippen LogP contribution in [-0.4, -0.2) is 63.5 Å². The van der Waals surface area contributed by atoms with Gasteiger partial charge in [-0.25, -0.2) is 4.99 Å². The van der Waals surface area contributed by atoms with Gasteiger partial charge in [-0.15, -0.1) is 0 Å². The number of methoxy groups -OCH3 is 3. The number of carbonyl (C=O) groups is 1. The molecule has 0 fully saturated rings. The molecule has 2 unspecified atom stereocenters. The van der Waals surface area contributed by atoms with Crippen molar-refractivity contribution >= 4 is 40.1 Å². The third-order valence-corrected chi connectivity index (χ3v) is 4.85. The molecular weight excluding hydrogens is 535 g/mol. The average molecular weight is 562 g/mol. The van der Waals surface area contributed by atoms with Crippen LogP contribution in [0.25, 0.3) is 0 Å².